The number of nitrogens with zero attached hydrogens (tertiary/aromatic N) is 6. The summed E-state index contributed by atoms with van der Waals surface area (Å²) >= 11 is 0. The molecule has 3 rings (SSSR count). The molecular formula is C14H17N7O. The van der Waals surface area contributed by atoms with Gasteiger partial charge in [-0.1, -0.05) is 13.8 Å². The number of anilines is 1. The first-order valence-corrected chi connectivity index (χ1v) is 7.06. The molecule has 0 unspecified atom stereocenters. The number of fused-ring (bicyclic) bond motifs is 1. The first-order valence-electron chi connectivity index (χ1n) is 7.06. The Kier molecular flexibility index (Phi) is 3.58. The van der Waals surface area contributed by atoms with E-state index >= 15 is 0 Å². The van der Waals surface area contributed by atoms with E-state index in [1.165, 1.54) is 0 Å². The number of rotatable bonds is 4. The average molecular weight is 299 g/mol. The molecule has 0 atom stereocenters. The van der Waals surface area contributed by atoms with Crippen LogP contribution in [0.4, 0.5) is 5.82 Å². The fourth-order valence-corrected chi connectivity index (χ4v) is 2.11. The molecule has 114 valence electrons. The number of carbonyl (C=O) groups is 1. The molecule has 3 aromatic heterocycles. The van der Waals surface area contributed by atoms with Crippen molar-refractivity contribution in [1.29, 1.82) is 0 Å². The fourth-order valence-electron chi connectivity index (χ4n) is 2.11. The number of aryl methyl sites for hydroxylation is 1. The molecule has 3 aromatic rings. The third-order valence-corrected chi connectivity index (χ3v) is 3.13. The number of hydrogen-bond acceptors (Lipinski definition) is 5. The van der Waals surface area contributed by atoms with Gasteiger partial charge in [-0.25, -0.2) is 14.2 Å². The third kappa shape index (κ3) is 2.67. The summed E-state index contributed by atoms with van der Waals surface area (Å²) in [7, 11) is 0. The molecule has 0 radical (unpaired) electrons. The summed E-state index contributed by atoms with van der Waals surface area (Å²) < 4.78 is 3.29. The zero-order valence-electron chi connectivity index (χ0n) is 12.7. The average Bonchev–Trinajstić information content (AvgIpc) is 3.06. The standard InChI is InChI=1S/C14H17N7O/c1-9(2)8-20-11(5-7-16-20)17-13(22)12-18-14-15-6-4-10(3)21(14)19-12/h4-7,9H,8H2,1-3H3,(H,17,22). The zero-order chi connectivity index (χ0) is 15.7. The number of carbonyl (C=O) groups excluding carboxylic acids is 1. The van der Waals surface area contributed by atoms with Crippen molar-refractivity contribution in [2.75, 3.05) is 5.32 Å². The lowest BCUT2D eigenvalue weighted by Crippen LogP contribution is -2.18. The molecule has 0 saturated heterocycles. The van der Waals surface area contributed by atoms with Crippen LogP contribution in [0.2, 0.25) is 0 Å². The summed E-state index contributed by atoms with van der Waals surface area (Å²) in [5.41, 5.74) is 0.862. The van der Waals surface area contributed by atoms with Gasteiger partial charge in [-0.2, -0.15) is 10.1 Å². The highest BCUT2D eigenvalue weighted by atomic mass is 16.2. The minimum absolute atomic E-state index is 0.0825. The molecule has 8 nitrogen and oxygen atoms in total. The molecule has 0 aliphatic rings. The molecule has 3 heterocycles. The van der Waals surface area contributed by atoms with Gasteiger partial charge in [0.2, 0.25) is 5.82 Å². The van der Waals surface area contributed by atoms with Gasteiger partial charge in [-0.05, 0) is 18.9 Å². The molecule has 0 saturated carbocycles. The van der Waals surface area contributed by atoms with E-state index in [4.69, 9.17) is 0 Å². The summed E-state index contributed by atoms with van der Waals surface area (Å²) in [4.78, 5) is 20.5. The molecule has 8 heteroatoms. The topological polar surface area (TPSA) is 90.0 Å². The van der Waals surface area contributed by atoms with Crippen LogP contribution < -0.4 is 5.32 Å². The van der Waals surface area contributed by atoms with Crippen LogP contribution in [0.15, 0.2) is 24.5 Å². The van der Waals surface area contributed by atoms with Gasteiger partial charge in [0, 0.05) is 24.5 Å². The summed E-state index contributed by atoms with van der Waals surface area (Å²) in [5, 5.41) is 11.2. The number of aromatic nitrogens is 6. The van der Waals surface area contributed by atoms with Crippen molar-refractivity contribution in [3.63, 3.8) is 0 Å². The highest BCUT2D eigenvalue weighted by Crippen LogP contribution is 2.11. The Hall–Kier alpha value is -2.77. The molecule has 1 N–H and O–H groups in total. The lowest BCUT2D eigenvalue weighted by Gasteiger charge is -2.09. The van der Waals surface area contributed by atoms with E-state index in [1.807, 2.05) is 6.92 Å². The Morgan fingerprint density at radius 1 is 1.32 bits per heavy atom. The quantitative estimate of drug-likeness (QED) is 0.789. The highest BCUT2D eigenvalue weighted by molar-refractivity contribution is 6.01. The van der Waals surface area contributed by atoms with Crippen LogP contribution in [0.3, 0.4) is 0 Å². The Bertz CT molecular complexity index is 818. The van der Waals surface area contributed by atoms with Crippen molar-refractivity contribution < 1.29 is 4.79 Å². The second-order valence-corrected chi connectivity index (χ2v) is 5.48. The minimum atomic E-state index is -0.379. The van der Waals surface area contributed by atoms with Crippen molar-refractivity contribution in [2.24, 2.45) is 5.92 Å². The van der Waals surface area contributed by atoms with E-state index in [-0.39, 0.29) is 11.7 Å². The number of amides is 1. The van der Waals surface area contributed by atoms with E-state index in [0.717, 1.165) is 12.2 Å². The SMILES string of the molecule is Cc1ccnc2nc(C(=O)Nc3ccnn3CC(C)C)nn12. The van der Waals surface area contributed by atoms with Gasteiger partial charge in [0.25, 0.3) is 11.7 Å². The van der Waals surface area contributed by atoms with Crippen molar-refractivity contribution in [3.8, 4) is 0 Å². The van der Waals surface area contributed by atoms with Crippen LogP contribution in [0, 0.1) is 12.8 Å². The second-order valence-electron chi connectivity index (χ2n) is 5.48. The Balaban J connectivity index is 1.84. The number of hydrogen-bond donors (Lipinski definition) is 1. The summed E-state index contributed by atoms with van der Waals surface area (Å²) in [6.07, 6.45) is 3.29. The Morgan fingerprint density at radius 3 is 2.86 bits per heavy atom. The van der Waals surface area contributed by atoms with E-state index in [9.17, 15) is 4.79 Å². The zero-order valence-corrected chi connectivity index (χ0v) is 12.7. The van der Waals surface area contributed by atoms with Crippen molar-refractivity contribution in [3.05, 3.63) is 36.0 Å². The first-order chi connectivity index (χ1) is 10.5. The first kappa shape index (κ1) is 14.2. The second kappa shape index (κ2) is 5.55. The minimum Gasteiger partial charge on any atom is -0.304 e. The van der Waals surface area contributed by atoms with Crippen molar-refractivity contribution in [1.82, 2.24) is 29.4 Å². The van der Waals surface area contributed by atoms with E-state index in [0.29, 0.717) is 17.5 Å². The lowest BCUT2D eigenvalue weighted by molar-refractivity contribution is 0.101. The van der Waals surface area contributed by atoms with Crippen LogP contribution >= 0.6 is 0 Å². The van der Waals surface area contributed by atoms with Gasteiger partial charge >= 0.3 is 0 Å². The van der Waals surface area contributed by atoms with Gasteiger partial charge in [-0.15, -0.1) is 5.10 Å². The maximum absolute atomic E-state index is 12.3. The van der Waals surface area contributed by atoms with Gasteiger partial charge in [0.1, 0.15) is 5.82 Å². The maximum atomic E-state index is 12.3. The van der Waals surface area contributed by atoms with Gasteiger partial charge < -0.3 is 5.32 Å². The van der Waals surface area contributed by atoms with Gasteiger partial charge in [0.15, 0.2) is 0 Å². The van der Waals surface area contributed by atoms with Crippen LogP contribution in [0.5, 0.6) is 0 Å². The molecule has 0 aliphatic heterocycles. The van der Waals surface area contributed by atoms with Gasteiger partial charge in [0.05, 0.1) is 6.20 Å². The fraction of sp³-hybridized carbons (Fsp3) is 0.357. The molecule has 0 fully saturated rings. The predicted molar refractivity (Wildman–Crippen MR) is 80.5 cm³/mol. The molecule has 0 aliphatic carbocycles. The molecule has 0 spiro atoms. The smallest absolute Gasteiger partial charge is 0.296 e. The van der Waals surface area contributed by atoms with E-state index < -0.39 is 0 Å². The predicted octanol–water partition coefficient (Wildman–Crippen LogP) is 1.54. The molecular weight excluding hydrogens is 282 g/mol. The van der Waals surface area contributed by atoms with Crippen LogP contribution in [-0.4, -0.2) is 35.3 Å². The molecule has 22 heavy (non-hydrogen) atoms. The summed E-state index contributed by atoms with van der Waals surface area (Å²) in [6.45, 7) is 6.78. The van der Waals surface area contributed by atoms with E-state index in [2.05, 4.69) is 39.3 Å². The van der Waals surface area contributed by atoms with Crippen LogP contribution in [0.1, 0.15) is 30.2 Å². The largest absolute Gasteiger partial charge is 0.304 e. The van der Waals surface area contributed by atoms with Crippen molar-refractivity contribution in [2.45, 2.75) is 27.3 Å². The molecule has 1 amide bonds. The molecule has 0 aromatic carbocycles. The van der Waals surface area contributed by atoms with Crippen LogP contribution in [0.25, 0.3) is 5.78 Å². The van der Waals surface area contributed by atoms with Gasteiger partial charge in [-0.3, -0.25) is 4.79 Å². The Labute approximate surface area is 127 Å². The Morgan fingerprint density at radius 2 is 2.14 bits per heavy atom. The highest BCUT2D eigenvalue weighted by Gasteiger charge is 2.16. The third-order valence-electron chi connectivity index (χ3n) is 3.13. The normalized spacial score (nSPS) is 11.3. The monoisotopic (exact) mass is 299 g/mol. The number of nitrogens with one attached hydrogen (secondary N) is 1. The summed E-state index contributed by atoms with van der Waals surface area (Å²) in [5.74, 6) is 1.16. The molecule has 0 bridgehead atoms. The summed E-state index contributed by atoms with van der Waals surface area (Å²) in [6, 6.07) is 3.56. The van der Waals surface area contributed by atoms with Crippen molar-refractivity contribution >= 4 is 17.5 Å². The van der Waals surface area contributed by atoms with Crippen LogP contribution in [-0.2, 0) is 6.54 Å². The maximum Gasteiger partial charge on any atom is 0.296 e. The van der Waals surface area contributed by atoms with E-state index in [1.54, 1.807) is 33.7 Å². The lowest BCUT2D eigenvalue weighted by atomic mass is 10.2.